The van der Waals surface area contributed by atoms with Gasteiger partial charge in [0.15, 0.2) is 0 Å². The minimum atomic E-state index is -0.389. The van der Waals surface area contributed by atoms with Gasteiger partial charge >= 0.3 is 11.9 Å². The SMILES string of the molecule is CCc1c(C(=O)OC)cn(Cc2ccccc2)c1CC(=O)OC. The van der Waals surface area contributed by atoms with Crippen molar-refractivity contribution in [3.05, 3.63) is 58.9 Å². The summed E-state index contributed by atoms with van der Waals surface area (Å²) in [7, 11) is 2.72. The van der Waals surface area contributed by atoms with Crippen molar-refractivity contribution in [2.75, 3.05) is 14.2 Å². The maximum atomic E-state index is 12.0. The molecule has 0 bridgehead atoms. The molecule has 1 aromatic heterocycles. The van der Waals surface area contributed by atoms with Crippen LogP contribution in [-0.2, 0) is 33.7 Å². The highest BCUT2D eigenvalue weighted by Crippen LogP contribution is 2.22. The van der Waals surface area contributed by atoms with Crippen molar-refractivity contribution < 1.29 is 19.1 Å². The summed E-state index contributed by atoms with van der Waals surface area (Å²) in [6.07, 6.45) is 2.53. The van der Waals surface area contributed by atoms with Crippen molar-refractivity contribution in [1.82, 2.24) is 4.57 Å². The van der Waals surface area contributed by atoms with Crippen LogP contribution in [0.25, 0.3) is 0 Å². The van der Waals surface area contributed by atoms with Crippen LogP contribution in [0.5, 0.6) is 0 Å². The molecule has 5 nitrogen and oxygen atoms in total. The van der Waals surface area contributed by atoms with Crippen LogP contribution in [0.1, 0.15) is 34.1 Å². The predicted molar refractivity (Wildman–Crippen MR) is 86.4 cm³/mol. The van der Waals surface area contributed by atoms with Crippen molar-refractivity contribution >= 4 is 11.9 Å². The Kier molecular flexibility index (Phi) is 5.57. The van der Waals surface area contributed by atoms with E-state index in [1.807, 2.05) is 41.8 Å². The van der Waals surface area contributed by atoms with E-state index in [1.54, 1.807) is 6.20 Å². The van der Waals surface area contributed by atoms with E-state index < -0.39 is 0 Å². The summed E-state index contributed by atoms with van der Waals surface area (Å²) in [5, 5.41) is 0. The van der Waals surface area contributed by atoms with Gasteiger partial charge in [-0.1, -0.05) is 37.3 Å². The van der Waals surface area contributed by atoms with Crippen molar-refractivity contribution in [3.8, 4) is 0 Å². The molecule has 0 unspecified atom stereocenters. The summed E-state index contributed by atoms with van der Waals surface area (Å²) in [5.41, 5.74) is 3.22. The minimum Gasteiger partial charge on any atom is -0.469 e. The molecule has 0 aliphatic carbocycles. The van der Waals surface area contributed by atoms with Gasteiger partial charge in [0.05, 0.1) is 26.2 Å². The van der Waals surface area contributed by atoms with Gasteiger partial charge < -0.3 is 14.0 Å². The van der Waals surface area contributed by atoms with Crippen molar-refractivity contribution in [2.24, 2.45) is 0 Å². The molecule has 2 aromatic rings. The lowest BCUT2D eigenvalue weighted by Gasteiger charge is -2.10. The molecule has 0 fully saturated rings. The quantitative estimate of drug-likeness (QED) is 0.769. The summed E-state index contributed by atoms with van der Waals surface area (Å²) < 4.78 is 11.6. The van der Waals surface area contributed by atoms with Gasteiger partial charge in [0.1, 0.15) is 0 Å². The van der Waals surface area contributed by atoms with Gasteiger partial charge in [-0.05, 0) is 17.5 Å². The zero-order valence-electron chi connectivity index (χ0n) is 13.7. The molecule has 122 valence electrons. The Bertz CT molecular complexity index is 689. The maximum absolute atomic E-state index is 12.0. The molecule has 1 heterocycles. The van der Waals surface area contributed by atoms with E-state index >= 15 is 0 Å². The summed E-state index contributed by atoms with van der Waals surface area (Å²) in [6, 6.07) is 9.88. The normalized spacial score (nSPS) is 10.4. The number of aromatic nitrogens is 1. The molecule has 1 aromatic carbocycles. The van der Waals surface area contributed by atoms with Gasteiger partial charge in [0.2, 0.25) is 0 Å². The maximum Gasteiger partial charge on any atom is 0.339 e. The average Bonchev–Trinajstić information content (AvgIpc) is 2.92. The Morgan fingerprint density at radius 1 is 1.09 bits per heavy atom. The van der Waals surface area contributed by atoms with Crippen LogP contribution in [0.2, 0.25) is 0 Å². The number of ether oxygens (including phenoxy) is 2. The first-order chi connectivity index (χ1) is 11.1. The number of rotatable bonds is 6. The van der Waals surface area contributed by atoms with Gasteiger partial charge in [0.25, 0.3) is 0 Å². The molecule has 0 amide bonds. The van der Waals surface area contributed by atoms with E-state index in [4.69, 9.17) is 9.47 Å². The number of methoxy groups -OCH3 is 2. The Hall–Kier alpha value is -2.56. The molecule has 0 saturated carbocycles. The Morgan fingerprint density at radius 2 is 1.78 bits per heavy atom. The molecule has 0 aliphatic rings. The predicted octanol–water partition coefficient (Wildman–Crippen LogP) is 2.60. The molecular formula is C18H21NO4. The minimum absolute atomic E-state index is 0.128. The Balaban J connectivity index is 2.47. The van der Waals surface area contributed by atoms with Gasteiger partial charge in [0, 0.05) is 18.4 Å². The van der Waals surface area contributed by atoms with E-state index in [0.29, 0.717) is 18.5 Å². The van der Waals surface area contributed by atoms with Crippen LogP contribution in [0.3, 0.4) is 0 Å². The third kappa shape index (κ3) is 3.80. The van der Waals surface area contributed by atoms with Crippen LogP contribution >= 0.6 is 0 Å². The summed E-state index contributed by atoms with van der Waals surface area (Å²) in [5.74, 6) is -0.719. The smallest absolute Gasteiger partial charge is 0.339 e. The first-order valence-corrected chi connectivity index (χ1v) is 7.50. The highest BCUT2D eigenvalue weighted by molar-refractivity contribution is 5.92. The number of esters is 2. The molecular weight excluding hydrogens is 294 g/mol. The van der Waals surface area contributed by atoms with Crippen LogP contribution in [0.4, 0.5) is 0 Å². The molecule has 23 heavy (non-hydrogen) atoms. The number of hydrogen-bond acceptors (Lipinski definition) is 4. The van der Waals surface area contributed by atoms with E-state index in [1.165, 1.54) is 14.2 Å². The third-order valence-electron chi connectivity index (χ3n) is 3.80. The van der Waals surface area contributed by atoms with Gasteiger partial charge in [-0.2, -0.15) is 0 Å². The van der Waals surface area contributed by atoms with E-state index in [0.717, 1.165) is 16.8 Å². The van der Waals surface area contributed by atoms with Crippen LogP contribution in [0.15, 0.2) is 36.5 Å². The molecule has 0 aliphatic heterocycles. The first-order valence-electron chi connectivity index (χ1n) is 7.50. The Labute approximate surface area is 135 Å². The molecule has 0 N–H and O–H groups in total. The number of hydrogen-bond donors (Lipinski definition) is 0. The van der Waals surface area contributed by atoms with Crippen LogP contribution in [-0.4, -0.2) is 30.7 Å². The van der Waals surface area contributed by atoms with Gasteiger partial charge in [-0.3, -0.25) is 4.79 Å². The second kappa shape index (κ2) is 7.63. The summed E-state index contributed by atoms with van der Waals surface area (Å²) in [6.45, 7) is 2.53. The van der Waals surface area contributed by atoms with Gasteiger partial charge in [-0.25, -0.2) is 4.79 Å². The molecule has 0 radical (unpaired) electrons. The van der Waals surface area contributed by atoms with Crippen molar-refractivity contribution in [1.29, 1.82) is 0 Å². The molecule has 2 rings (SSSR count). The van der Waals surface area contributed by atoms with Crippen LogP contribution < -0.4 is 0 Å². The largest absolute Gasteiger partial charge is 0.469 e. The third-order valence-corrected chi connectivity index (χ3v) is 3.80. The fourth-order valence-electron chi connectivity index (χ4n) is 2.66. The fourth-order valence-corrected chi connectivity index (χ4v) is 2.66. The molecule has 0 saturated heterocycles. The lowest BCUT2D eigenvalue weighted by Crippen LogP contribution is -2.12. The first kappa shape index (κ1) is 16.8. The van der Waals surface area contributed by atoms with Crippen molar-refractivity contribution in [2.45, 2.75) is 26.3 Å². The highest BCUT2D eigenvalue weighted by Gasteiger charge is 2.22. The number of carbonyl (C=O) groups excluding carboxylic acids is 2. The number of benzene rings is 1. The second-order valence-corrected chi connectivity index (χ2v) is 5.18. The van der Waals surface area contributed by atoms with Gasteiger partial charge in [-0.15, -0.1) is 0 Å². The topological polar surface area (TPSA) is 57.5 Å². The van der Waals surface area contributed by atoms with E-state index in [9.17, 15) is 9.59 Å². The fraction of sp³-hybridized carbons (Fsp3) is 0.333. The lowest BCUT2D eigenvalue weighted by molar-refractivity contribution is -0.139. The highest BCUT2D eigenvalue weighted by atomic mass is 16.5. The van der Waals surface area contributed by atoms with E-state index in [2.05, 4.69) is 0 Å². The number of carbonyl (C=O) groups is 2. The summed E-state index contributed by atoms with van der Waals surface area (Å²) in [4.78, 5) is 23.8. The zero-order valence-corrected chi connectivity index (χ0v) is 13.7. The Morgan fingerprint density at radius 3 is 2.35 bits per heavy atom. The van der Waals surface area contributed by atoms with Crippen LogP contribution in [0, 0.1) is 0 Å². The number of nitrogens with zero attached hydrogens (tertiary/aromatic N) is 1. The van der Waals surface area contributed by atoms with Crippen molar-refractivity contribution in [3.63, 3.8) is 0 Å². The molecule has 0 spiro atoms. The lowest BCUT2D eigenvalue weighted by atomic mass is 10.1. The molecule has 5 heteroatoms. The zero-order chi connectivity index (χ0) is 16.8. The van der Waals surface area contributed by atoms with E-state index in [-0.39, 0.29) is 18.4 Å². The standard InChI is InChI=1S/C18H21NO4/c1-4-14-15(18(21)23-3)12-19(16(14)10-17(20)22-2)11-13-8-6-5-7-9-13/h5-9,12H,4,10-11H2,1-3H3. The molecule has 0 atom stereocenters. The average molecular weight is 315 g/mol. The second-order valence-electron chi connectivity index (χ2n) is 5.18. The monoisotopic (exact) mass is 315 g/mol. The summed E-state index contributed by atoms with van der Waals surface area (Å²) >= 11 is 0.